The Balaban J connectivity index is 1.69. The van der Waals surface area contributed by atoms with Crippen molar-refractivity contribution in [2.45, 2.75) is 19.3 Å². The van der Waals surface area contributed by atoms with Crippen LogP contribution in [0.25, 0.3) is 31.9 Å². The quantitative estimate of drug-likeness (QED) is 0.369. The molecule has 1 aromatic heterocycles. The standard InChI is InChI=1S/C24H17NS/c1-4-15-9-11-17-18-12-10-16(14-20(18)24(2,3)19(17)13-15)23-25-21-7-5-6-8-22(21)26-23/h1,5-14H,2-3H3. The van der Waals surface area contributed by atoms with Gasteiger partial charge in [-0.2, -0.15) is 0 Å². The van der Waals surface area contributed by atoms with E-state index in [1.807, 2.05) is 12.1 Å². The fourth-order valence-corrected chi connectivity index (χ4v) is 4.92. The fraction of sp³-hybridized carbons (Fsp3) is 0.125. The minimum Gasteiger partial charge on any atom is -0.236 e. The first-order valence-electron chi connectivity index (χ1n) is 8.70. The van der Waals surface area contributed by atoms with Gasteiger partial charge in [0.2, 0.25) is 0 Å². The number of benzene rings is 3. The van der Waals surface area contributed by atoms with Gasteiger partial charge in [0.1, 0.15) is 5.01 Å². The highest BCUT2D eigenvalue weighted by atomic mass is 32.1. The predicted molar refractivity (Wildman–Crippen MR) is 111 cm³/mol. The number of aromatic nitrogens is 1. The minimum absolute atomic E-state index is 0.0653. The molecule has 2 heteroatoms. The molecule has 4 aromatic rings. The molecule has 26 heavy (non-hydrogen) atoms. The van der Waals surface area contributed by atoms with Crippen molar-refractivity contribution in [2.75, 3.05) is 0 Å². The van der Waals surface area contributed by atoms with Crippen molar-refractivity contribution in [2.24, 2.45) is 0 Å². The van der Waals surface area contributed by atoms with E-state index in [0.29, 0.717) is 0 Å². The largest absolute Gasteiger partial charge is 0.236 e. The highest BCUT2D eigenvalue weighted by Gasteiger charge is 2.35. The van der Waals surface area contributed by atoms with Crippen molar-refractivity contribution in [1.82, 2.24) is 4.98 Å². The Bertz CT molecular complexity index is 1190. The third-order valence-corrected chi connectivity index (χ3v) is 6.47. The van der Waals surface area contributed by atoms with E-state index < -0.39 is 0 Å². The van der Waals surface area contributed by atoms with Crippen molar-refractivity contribution in [3.05, 3.63) is 77.4 Å². The number of nitrogens with zero attached hydrogens (tertiary/aromatic N) is 1. The SMILES string of the molecule is C#Cc1ccc2c(c1)C(C)(C)c1cc(-c3nc4ccccc4s3)ccc1-2. The van der Waals surface area contributed by atoms with Crippen LogP contribution in [-0.4, -0.2) is 4.98 Å². The van der Waals surface area contributed by atoms with Crippen LogP contribution in [0.2, 0.25) is 0 Å². The molecule has 124 valence electrons. The van der Waals surface area contributed by atoms with Gasteiger partial charge in [-0.3, -0.25) is 0 Å². The van der Waals surface area contributed by atoms with Crippen LogP contribution >= 0.6 is 11.3 Å². The van der Waals surface area contributed by atoms with E-state index in [2.05, 4.69) is 68.3 Å². The first-order valence-corrected chi connectivity index (χ1v) is 9.51. The molecule has 0 atom stereocenters. The van der Waals surface area contributed by atoms with Gasteiger partial charge in [-0.25, -0.2) is 4.98 Å². The van der Waals surface area contributed by atoms with Gasteiger partial charge >= 0.3 is 0 Å². The van der Waals surface area contributed by atoms with E-state index in [9.17, 15) is 0 Å². The second-order valence-electron chi connectivity index (χ2n) is 7.28. The average Bonchev–Trinajstić information content (AvgIpc) is 3.19. The Morgan fingerprint density at radius 1 is 0.923 bits per heavy atom. The summed E-state index contributed by atoms with van der Waals surface area (Å²) in [6.45, 7) is 4.56. The van der Waals surface area contributed by atoms with Crippen LogP contribution in [0.3, 0.4) is 0 Å². The third kappa shape index (κ3) is 2.08. The van der Waals surface area contributed by atoms with E-state index in [1.165, 1.54) is 32.5 Å². The summed E-state index contributed by atoms with van der Waals surface area (Å²) in [7, 11) is 0. The molecule has 0 saturated heterocycles. The van der Waals surface area contributed by atoms with Gasteiger partial charge < -0.3 is 0 Å². The van der Waals surface area contributed by atoms with Gasteiger partial charge in [0.05, 0.1) is 10.2 Å². The zero-order valence-electron chi connectivity index (χ0n) is 14.7. The molecular formula is C24H17NS. The van der Waals surface area contributed by atoms with Crippen LogP contribution in [0.15, 0.2) is 60.7 Å². The Kier molecular flexibility index (Phi) is 3.13. The van der Waals surface area contributed by atoms with Crippen LogP contribution in [0, 0.1) is 12.3 Å². The zero-order valence-corrected chi connectivity index (χ0v) is 15.5. The summed E-state index contributed by atoms with van der Waals surface area (Å²) < 4.78 is 1.23. The van der Waals surface area contributed by atoms with E-state index >= 15 is 0 Å². The molecule has 0 fully saturated rings. The lowest BCUT2D eigenvalue weighted by molar-refractivity contribution is 0.660. The molecule has 5 rings (SSSR count). The highest BCUT2D eigenvalue weighted by Crippen LogP contribution is 2.50. The summed E-state index contributed by atoms with van der Waals surface area (Å²) in [5.41, 5.74) is 8.37. The number of hydrogen-bond acceptors (Lipinski definition) is 2. The van der Waals surface area contributed by atoms with E-state index in [4.69, 9.17) is 11.4 Å². The average molecular weight is 351 g/mol. The molecule has 3 aromatic carbocycles. The van der Waals surface area contributed by atoms with Crippen LogP contribution < -0.4 is 0 Å². The first kappa shape index (κ1) is 15.4. The van der Waals surface area contributed by atoms with Gasteiger partial charge in [0.25, 0.3) is 0 Å². The van der Waals surface area contributed by atoms with Crippen molar-refractivity contribution in [3.63, 3.8) is 0 Å². The topological polar surface area (TPSA) is 12.9 Å². The molecule has 0 saturated carbocycles. The smallest absolute Gasteiger partial charge is 0.124 e. The van der Waals surface area contributed by atoms with E-state index in [-0.39, 0.29) is 5.41 Å². The minimum atomic E-state index is -0.0653. The molecule has 0 N–H and O–H groups in total. The van der Waals surface area contributed by atoms with Crippen LogP contribution in [0.5, 0.6) is 0 Å². The molecule has 1 nitrogen and oxygen atoms in total. The molecule has 1 aliphatic carbocycles. The van der Waals surface area contributed by atoms with Crippen LogP contribution in [0.1, 0.15) is 30.5 Å². The Labute approximate surface area is 157 Å². The van der Waals surface area contributed by atoms with Gasteiger partial charge in [-0.15, -0.1) is 17.8 Å². The molecule has 0 bridgehead atoms. The number of rotatable bonds is 1. The Morgan fingerprint density at radius 3 is 2.42 bits per heavy atom. The summed E-state index contributed by atoms with van der Waals surface area (Å²) in [4.78, 5) is 4.82. The number of hydrogen-bond donors (Lipinski definition) is 0. The summed E-state index contributed by atoms with van der Waals surface area (Å²) in [5.74, 6) is 2.77. The maximum absolute atomic E-state index is 5.62. The maximum Gasteiger partial charge on any atom is 0.124 e. The van der Waals surface area contributed by atoms with E-state index in [1.54, 1.807) is 11.3 Å². The number of terminal acetylenes is 1. The number of thiazole rings is 1. The maximum atomic E-state index is 5.62. The molecule has 0 aliphatic heterocycles. The predicted octanol–water partition coefficient (Wildman–Crippen LogP) is 6.25. The summed E-state index contributed by atoms with van der Waals surface area (Å²) >= 11 is 1.75. The van der Waals surface area contributed by atoms with Gasteiger partial charge in [0.15, 0.2) is 0 Å². The lowest BCUT2D eigenvalue weighted by atomic mass is 9.81. The lowest BCUT2D eigenvalue weighted by Gasteiger charge is -2.22. The molecule has 0 radical (unpaired) electrons. The Morgan fingerprint density at radius 2 is 1.65 bits per heavy atom. The molecule has 1 heterocycles. The Hall–Kier alpha value is -2.89. The zero-order chi connectivity index (χ0) is 17.9. The monoisotopic (exact) mass is 351 g/mol. The van der Waals surface area contributed by atoms with Crippen molar-refractivity contribution in [1.29, 1.82) is 0 Å². The summed E-state index contributed by atoms with van der Waals surface area (Å²) in [6, 6.07) is 21.4. The fourth-order valence-electron chi connectivity index (χ4n) is 3.96. The second kappa shape index (κ2) is 5.30. The van der Waals surface area contributed by atoms with Crippen molar-refractivity contribution >= 4 is 21.6 Å². The molecule has 0 spiro atoms. The first-order chi connectivity index (χ1) is 12.6. The molecule has 1 aliphatic rings. The third-order valence-electron chi connectivity index (χ3n) is 5.38. The lowest BCUT2D eigenvalue weighted by Crippen LogP contribution is -2.15. The molecule has 0 amide bonds. The van der Waals surface area contributed by atoms with Crippen LogP contribution in [0.4, 0.5) is 0 Å². The molecular weight excluding hydrogens is 334 g/mol. The number of para-hydroxylation sites is 1. The number of fused-ring (bicyclic) bond motifs is 4. The summed E-state index contributed by atoms with van der Waals surface area (Å²) in [6.07, 6.45) is 5.62. The van der Waals surface area contributed by atoms with E-state index in [0.717, 1.165) is 16.1 Å². The van der Waals surface area contributed by atoms with Gasteiger partial charge in [-0.05, 0) is 52.6 Å². The second-order valence-corrected chi connectivity index (χ2v) is 8.31. The summed E-state index contributed by atoms with van der Waals surface area (Å²) in [5, 5.41) is 1.07. The van der Waals surface area contributed by atoms with Gasteiger partial charge in [-0.1, -0.05) is 50.1 Å². The molecule has 0 unspecified atom stereocenters. The van der Waals surface area contributed by atoms with Crippen molar-refractivity contribution in [3.8, 4) is 34.0 Å². The van der Waals surface area contributed by atoms with Gasteiger partial charge in [0, 0.05) is 16.5 Å². The highest BCUT2D eigenvalue weighted by molar-refractivity contribution is 7.21. The van der Waals surface area contributed by atoms with Crippen molar-refractivity contribution < 1.29 is 0 Å². The normalized spacial score (nSPS) is 14.0. The van der Waals surface area contributed by atoms with Crippen LogP contribution in [-0.2, 0) is 5.41 Å².